The number of rotatable bonds is 5. The third-order valence-corrected chi connectivity index (χ3v) is 4.96. The first-order valence-electron chi connectivity index (χ1n) is 9.21. The summed E-state index contributed by atoms with van der Waals surface area (Å²) in [6.07, 6.45) is -4.35. The van der Waals surface area contributed by atoms with Crippen LogP contribution in [-0.2, 0) is 12.7 Å². The molecule has 5 nitrogen and oxygen atoms in total. The average Bonchev–Trinajstić information content (AvgIpc) is 2.73. The molecule has 2 aromatic rings. The minimum atomic E-state index is -4.35. The van der Waals surface area contributed by atoms with E-state index < -0.39 is 11.7 Å². The fourth-order valence-electron chi connectivity index (χ4n) is 3.36. The number of piperazine rings is 1. The first-order valence-corrected chi connectivity index (χ1v) is 9.21. The van der Waals surface area contributed by atoms with Crippen LogP contribution in [0.4, 0.5) is 13.2 Å². The maximum absolute atomic E-state index is 12.9. The van der Waals surface area contributed by atoms with Gasteiger partial charge in [-0.3, -0.25) is 9.69 Å². The fraction of sp³-hybridized carbons (Fsp3) is 0.381. The van der Waals surface area contributed by atoms with E-state index in [-0.39, 0.29) is 5.91 Å². The summed E-state index contributed by atoms with van der Waals surface area (Å²) in [4.78, 5) is 16.6. The molecule has 0 aliphatic carbocycles. The van der Waals surface area contributed by atoms with Crippen LogP contribution in [0.3, 0.4) is 0 Å². The zero-order valence-corrected chi connectivity index (χ0v) is 16.3. The van der Waals surface area contributed by atoms with Crippen LogP contribution < -0.4 is 9.47 Å². The highest BCUT2D eigenvalue weighted by molar-refractivity contribution is 5.97. The summed E-state index contributed by atoms with van der Waals surface area (Å²) in [6, 6.07) is 10.4. The van der Waals surface area contributed by atoms with E-state index in [4.69, 9.17) is 9.47 Å². The molecule has 0 aromatic heterocycles. The maximum atomic E-state index is 12.9. The van der Waals surface area contributed by atoms with Crippen molar-refractivity contribution in [2.45, 2.75) is 12.7 Å². The Morgan fingerprint density at radius 3 is 2.34 bits per heavy atom. The number of carbonyl (C=O) groups excluding carboxylic acids is 1. The number of hydrogen-bond acceptors (Lipinski definition) is 4. The molecule has 29 heavy (non-hydrogen) atoms. The SMILES string of the molecule is COc1ccc(C(=O)N2CCN(Cc3cccc(C(F)(F)F)c3)CC2)c(OC)c1. The molecule has 1 aliphatic rings. The highest BCUT2D eigenvalue weighted by Gasteiger charge is 2.30. The number of ether oxygens (including phenoxy) is 2. The van der Waals surface area contributed by atoms with Gasteiger partial charge in [0.25, 0.3) is 5.91 Å². The van der Waals surface area contributed by atoms with Crippen molar-refractivity contribution in [3.8, 4) is 11.5 Å². The molecular formula is C21H23F3N2O3. The number of benzene rings is 2. The molecule has 3 rings (SSSR count). The standard InChI is InChI=1S/C21H23F3N2O3/c1-28-17-6-7-18(19(13-17)29-2)20(27)26-10-8-25(9-11-26)14-15-4-3-5-16(12-15)21(22,23)24/h3-7,12-13H,8-11,14H2,1-2H3. The molecule has 156 valence electrons. The van der Waals surface area contributed by atoms with E-state index in [1.807, 2.05) is 4.90 Å². The number of halogens is 3. The molecule has 0 unspecified atom stereocenters. The summed E-state index contributed by atoms with van der Waals surface area (Å²) in [5.74, 6) is 0.910. The quantitative estimate of drug-likeness (QED) is 0.757. The predicted molar refractivity (Wildman–Crippen MR) is 102 cm³/mol. The second kappa shape index (κ2) is 8.73. The molecule has 8 heteroatoms. The molecule has 0 bridgehead atoms. The van der Waals surface area contributed by atoms with Gasteiger partial charge in [0.1, 0.15) is 11.5 Å². The van der Waals surface area contributed by atoms with Gasteiger partial charge in [-0.05, 0) is 23.8 Å². The molecular weight excluding hydrogens is 385 g/mol. The average molecular weight is 408 g/mol. The van der Waals surface area contributed by atoms with Gasteiger partial charge in [0.05, 0.1) is 25.3 Å². The first-order chi connectivity index (χ1) is 13.8. The van der Waals surface area contributed by atoms with Gasteiger partial charge in [-0.1, -0.05) is 18.2 Å². The normalized spacial score (nSPS) is 15.3. The van der Waals surface area contributed by atoms with Crippen LogP contribution >= 0.6 is 0 Å². The van der Waals surface area contributed by atoms with E-state index in [1.165, 1.54) is 19.2 Å². The van der Waals surface area contributed by atoms with Gasteiger partial charge in [-0.15, -0.1) is 0 Å². The molecule has 1 amide bonds. The van der Waals surface area contributed by atoms with Gasteiger partial charge in [-0.25, -0.2) is 0 Å². The van der Waals surface area contributed by atoms with Crippen molar-refractivity contribution in [1.29, 1.82) is 0 Å². The van der Waals surface area contributed by atoms with Crippen molar-refractivity contribution in [3.63, 3.8) is 0 Å². The molecule has 0 saturated carbocycles. The van der Waals surface area contributed by atoms with Crippen LogP contribution in [-0.4, -0.2) is 56.1 Å². The number of methoxy groups -OCH3 is 2. The fourth-order valence-corrected chi connectivity index (χ4v) is 3.36. The Labute approximate surface area is 167 Å². The second-order valence-electron chi connectivity index (χ2n) is 6.83. The zero-order valence-electron chi connectivity index (χ0n) is 16.3. The number of amides is 1. The lowest BCUT2D eigenvalue weighted by molar-refractivity contribution is -0.137. The summed E-state index contributed by atoms with van der Waals surface area (Å²) in [7, 11) is 3.04. The monoisotopic (exact) mass is 408 g/mol. The van der Waals surface area contributed by atoms with E-state index in [0.717, 1.165) is 6.07 Å². The number of alkyl halides is 3. The smallest absolute Gasteiger partial charge is 0.416 e. The molecule has 1 saturated heterocycles. The lowest BCUT2D eigenvalue weighted by Gasteiger charge is -2.35. The summed E-state index contributed by atoms with van der Waals surface area (Å²) >= 11 is 0. The van der Waals surface area contributed by atoms with Crippen LogP contribution in [0.15, 0.2) is 42.5 Å². The summed E-state index contributed by atoms with van der Waals surface area (Å²) in [5, 5.41) is 0. The third-order valence-electron chi connectivity index (χ3n) is 4.96. The van der Waals surface area contributed by atoms with Crippen molar-refractivity contribution in [2.24, 2.45) is 0 Å². The maximum Gasteiger partial charge on any atom is 0.416 e. The summed E-state index contributed by atoms with van der Waals surface area (Å²) < 4.78 is 49.1. The minimum Gasteiger partial charge on any atom is -0.497 e. The van der Waals surface area contributed by atoms with E-state index in [2.05, 4.69) is 0 Å². The Morgan fingerprint density at radius 2 is 1.72 bits per heavy atom. The van der Waals surface area contributed by atoms with Gasteiger partial charge in [0, 0.05) is 38.8 Å². The summed E-state index contributed by atoms with van der Waals surface area (Å²) in [6.45, 7) is 2.57. The lowest BCUT2D eigenvalue weighted by Crippen LogP contribution is -2.48. The zero-order chi connectivity index (χ0) is 21.0. The third kappa shape index (κ3) is 5.00. The Balaban J connectivity index is 1.62. The van der Waals surface area contributed by atoms with E-state index in [1.54, 1.807) is 36.3 Å². The van der Waals surface area contributed by atoms with Crippen LogP contribution in [0.25, 0.3) is 0 Å². The van der Waals surface area contributed by atoms with Crippen LogP contribution in [0, 0.1) is 0 Å². The predicted octanol–water partition coefficient (Wildman–Crippen LogP) is 3.68. The van der Waals surface area contributed by atoms with E-state index in [0.29, 0.717) is 55.3 Å². The first kappa shape index (κ1) is 21.0. The number of nitrogens with zero attached hydrogens (tertiary/aromatic N) is 2. The van der Waals surface area contributed by atoms with Crippen molar-refractivity contribution in [2.75, 3.05) is 40.4 Å². The Morgan fingerprint density at radius 1 is 1.00 bits per heavy atom. The van der Waals surface area contributed by atoms with Gasteiger partial charge >= 0.3 is 6.18 Å². The minimum absolute atomic E-state index is 0.136. The van der Waals surface area contributed by atoms with Crippen molar-refractivity contribution in [3.05, 3.63) is 59.2 Å². The van der Waals surface area contributed by atoms with Crippen molar-refractivity contribution in [1.82, 2.24) is 9.80 Å². The van der Waals surface area contributed by atoms with Crippen molar-refractivity contribution < 1.29 is 27.4 Å². The highest BCUT2D eigenvalue weighted by Crippen LogP contribution is 2.30. The van der Waals surface area contributed by atoms with Crippen LogP contribution in [0.1, 0.15) is 21.5 Å². The molecule has 0 radical (unpaired) electrons. The molecule has 0 N–H and O–H groups in total. The largest absolute Gasteiger partial charge is 0.497 e. The van der Waals surface area contributed by atoms with E-state index in [9.17, 15) is 18.0 Å². The molecule has 1 fully saturated rings. The molecule has 0 atom stereocenters. The molecule has 1 aliphatic heterocycles. The van der Waals surface area contributed by atoms with Gasteiger partial charge in [-0.2, -0.15) is 13.2 Å². The summed E-state index contributed by atoms with van der Waals surface area (Å²) in [5.41, 5.74) is 0.423. The van der Waals surface area contributed by atoms with Crippen LogP contribution in [0.2, 0.25) is 0 Å². The van der Waals surface area contributed by atoms with Crippen molar-refractivity contribution >= 4 is 5.91 Å². The number of carbonyl (C=O) groups is 1. The van der Waals surface area contributed by atoms with Gasteiger partial charge in [0.2, 0.25) is 0 Å². The molecule has 2 aromatic carbocycles. The van der Waals surface area contributed by atoms with Gasteiger partial charge in [0.15, 0.2) is 0 Å². The number of hydrogen-bond donors (Lipinski definition) is 0. The van der Waals surface area contributed by atoms with Crippen LogP contribution in [0.5, 0.6) is 11.5 Å². The Hall–Kier alpha value is -2.74. The van der Waals surface area contributed by atoms with E-state index >= 15 is 0 Å². The molecule has 1 heterocycles. The van der Waals surface area contributed by atoms with Gasteiger partial charge < -0.3 is 14.4 Å². The Bertz CT molecular complexity index is 862. The molecule has 0 spiro atoms. The second-order valence-corrected chi connectivity index (χ2v) is 6.83. The Kier molecular flexibility index (Phi) is 6.32. The topological polar surface area (TPSA) is 42.0 Å². The highest BCUT2D eigenvalue weighted by atomic mass is 19.4. The lowest BCUT2D eigenvalue weighted by atomic mass is 10.1.